The van der Waals surface area contributed by atoms with E-state index in [0.29, 0.717) is 30.2 Å². The van der Waals surface area contributed by atoms with Gasteiger partial charge in [-0.2, -0.15) is 10.2 Å². The maximum atomic E-state index is 12.0. The van der Waals surface area contributed by atoms with Gasteiger partial charge in [0.25, 0.3) is 0 Å². The molecule has 2 amide bonds. The number of anilines is 1. The summed E-state index contributed by atoms with van der Waals surface area (Å²) in [5, 5.41) is 11.1. The van der Waals surface area contributed by atoms with Crippen LogP contribution in [0.4, 0.5) is 17.1 Å². The van der Waals surface area contributed by atoms with Crippen molar-refractivity contribution in [3.63, 3.8) is 0 Å². The highest BCUT2D eigenvalue weighted by Gasteiger charge is 2.10. The lowest BCUT2D eigenvalue weighted by molar-refractivity contribution is -0.127. The molecule has 0 aliphatic heterocycles. The molecular weight excluding hydrogens is 360 g/mol. The Morgan fingerprint density at radius 1 is 0.889 bits per heavy atom. The number of azo groups is 1. The summed E-state index contributed by atoms with van der Waals surface area (Å²) < 4.78 is 0. The molecule has 0 heterocycles. The lowest BCUT2D eigenvalue weighted by atomic mass is 10.3. The third-order valence-corrected chi connectivity index (χ3v) is 4.68. The van der Waals surface area contributed by atoms with Crippen LogP contribution in [0, 0.1) is 0 Å². The SMILES string of the molecule is CCN(CC)C(=O)CSCC(=O)Nc1ccc(N=Nc2ccccc2)cc1. The molecule has 0 aliphatic carbocycles. The number of benzene rings is 2. The van der Waals surface area contributed by atoms with Crippen LogP contribution in [0.3, 0.4) is 0 Å². The van der Waals surface area contributed by atoms with E-state index in [9.17, 15) is 9.59 Å². The van der Waals surface area contributed by atoms with Gasteiger partial charge in [0.15, 0.2) is 0 Å². The predicted octanol–water partition coefficient (Wildman–Crippen LogP) is 4.64. The van der Waals surface area contributed by atoms with Crippen LogP contribution in [0.15, 0.2) is 64.8 Å². The first-order chi connectivity index (χ1) is 13.1. The molecule has 0 aliphatic rings. The van der Waals surface area contributed by atoms with Crippen molar-refractivity contribution in [1.29, 1.82) is 0 Å². The van der Waals surface area contributed by atoms with Crippen molar-refractivity contribution in [3.8, 4) is 0 Å². The summed E-state index contributed by atoms with van der Waals surface area (Å²) >= 11 is 1.32. The Morgan fingerprint density at radius 3 is 2.07 bits per heavy atom. The van der Waals surface area contributed by atoms with Gasteiger partial charge in [0, 0.05) is 18.8 Å². The average molecular weight is 385 g/mol. The number of amides is 2. The molecule has 0 unspecified atom stereocenters. The summed E-state index contributed by atoms with van der Waals surface area (Å²) in [5.74, 6) is 0.480. The number of hydrogen-bond acceptors (Lipinski definition) is 5. The first-order valence-corrected chi connectivity index (χ1v) is 10.00. The van der Waals surface area contributed by atoms with Gasteiger partial charge < -0.3 is 10.2 Å². The smallest absolute Gasteiger partial charge is 0.234 e. The monoisotopic (exact) mass is 384 g/mol. The van der Waals surface area contributed by atoms with Crippen LogP contribution >= 0.6 is 11.8 Å². The number of carbonyl (C=O) groups is 2. The molecule has 2 rings (SSSR count). The van der Waals surface area contributed by atoms with Gasteiger partial charge in [-0.05, 0) is 50.2 Å². The van der Waals surface area contributed by atoms with Gasteiger partial charge in [0.1, 0.15) is 0 Å². The zero-order valence-corrected chi connectivity index (χ0v) is 16.4. The maximum absolute atomic E-state index is 12.0. The van der Waals surface area contributed by atoms with Crippen molar-refractivity contribution in [2.75, 3.05) is 29.9 Å². The molecule has 0 atom stereocenters. The lowest BCUT2D eigenvalue weighted by Gasteiger charge is -2.18. The quantitative estimate of drug-likeness (QED) is 0.640. The van der Waals surface area contributed by atoms with Gasteiger partial charge in [0.05, 0.1) is 22.9 Å². The van der Waals surface area contributed by atoms with E-state index in [2.05, 4.69) is 15.5 Å². The highest BCUT2D eigenvalue weighted by molar-refractivity contribution is 8.00. The molecule has 0 fully saturated rings. The molecule has 27 heavy (non-hydrogen) atoms. The first kappa shape index (κ1) is 20.6. The fraction of sp³-hybridized carbons (Fsp3) is 0.300. The van der Waals surface area contributed by atoms with E-state index in [-0.39, 0.29) is 17.6 Å². The van der Waals surface area contributed by atoms with E-state index in [4.69, 9.17) is 0 Å². The van der Waals surface area contributed by atoms with E-state index in [1.165, 1.54) is 11.8 Å². The van der Waals surface area contributed by atoms with Crippen LogP contribution in [-0.2, 0) is 9.59 Å². The Bertz CT molecular complexity index is 759. The topological polar surface area (TPSA) is 74.1 Å². The molecule has 142 valence electrons. The number of rotatable bonds is 9. The van der Waals surface area contributed by atoms with E-state index in [0.717, 1.165) is 5.69 Å². The number of thioether (sulfide) groups is 1. The Balaban J connectivity index is 1.78. The predicted molar refractivity (Wildman–Crippen MR) is 111 cm³/mol. The molecule has 0 bridgehead atoms. The van der Waals surface area contributed by atoms with Crippen molar-refractivity contribution in [2.24, 2.45) is 10.2 Å². The van der Waals surface area contributed by atoms with Gasteiger partial charge in [0.2, 0.25) is 11.8 Å². The average Bonchev–Trinajstić information content (AvgIpc) is 2.69. The van der Waals surface area contributed by atoms with Gasteiger partial charge in [-0.25, -0.2) is 0 Å². The van der Waals surface area contributed by atoms with E-state index >= 15 is 0 Å². The van der Waals surface area contributed by atoms with Crippen molar-refractivity contribution >= 4 is 40.6 Å². The van der Waals surface area contributed by atoms with E-state index in [1.54, 1.807) is 29.2 Å². The largest absolute Gasteiger partial charge is 0.343 e. The summed E-state index contributed by atoms with van der Waals surface area (Å²) in [6, 6.07) is 16.6. The normalized spacial score (nSPS) is 10.7. The highest BCUT2D eigenvalue weighted by atomic mass is 32.2. The van der Waals surface area contributed by atoms with Gasteiger partial charge in [-0.1, -0.05) is 18.2 Å². The second-order valence-electron chi connectivity index (χ2n) is 5.69. The summed E-state index contributed by atoms with van der Waals surface area (Å²) in [7, 11) is 0. The van der Waals surface area contributed by atoms with Crippen LogP contribution in [-0.4, -0.2) is 41.3 Å². The van der Waals surface area contributed by atoms with Gasteiger partial charge >= 0.3 is 0 Å². The van der Waals surface area contributed by atoms with Crippen molar-refractivity contribution in [2.45, 2.75) is 13.8 Å². The summed E-state index contributed by atoms with van der Waals surface area (Å²) in [5.41, 5.74) is 2.18. The first-order valence-electron chi connectivity index (χ1n) is 8.84. The summed E-state index contributed by atoms with van der Waals surface area (Å²) in [4.78, 5) is 25.7. The Labute approximate surface area is 164 Å². The Hall–Kier alpha value is -2.67. The molecule has 0 saturated carbocycles. The Kier molecular flexibility index (Phi) is 8.51. The molecule has 6 nitrogen and oxygen atoms in total. The second kappa shape index (κ2) is 11.1. The van der Waals surface area contributed by atoms with E-state index in [1.807, 2.05) is 44.2 Å². The van der Waals surface area contributed by atoms with Crippen LogP contribution in [0.1, 0.15) is 13.8 Å². The summed E-state index contributed by atoms with van der Waals surface area (Å²) in [6.45, 7) is 5.27. The van der Waals surface area contributed by atoms with E-state index < -0.39 is 0 Å². The molecule has 1 N–H and O–H groups in total. The fourth-order valence-electron chi connectivity index (χ4n) is 2.32. The number of nitrogens with zero attached hydrogens (tertiary/aromatic N) is 3. The van der Waals surface area contributed by atoms with Crippen LogP contribution in [0.5, 0.6) is 0 Å². The fourth-order valence-corrected chi connectivity index (χ4v) is 3.03. The minimum absolute atomic E-state index is 0.0610. The van der Waals surface area contributed by atoms with Crippen LogP contribution in [0.2, 0.25) is 0 Å². The minimum atomic E-state index is -0.133. The number of nitrogens with one attached hydrogen (secondary N) is 1. The van der Waals surface area contributed by atoms with Crippen LogP contribution in [0.25, 0.3) is 0 Å². The van der Waals surface area contributed by atoms with Gasteiger partial charge in [-0.15, -0.1) is 11.8 Å². The highest BCUT2D eigenvalue weighted by Crippen LogP contribution is 2.20. The zero-order chi connectivity index (χ0) is 19.5. The molecular formula is C20H24N4O2S. The Morgan fingerprint density at radius 2 is 1.48 bits per heavy atom. The summed E-state index contributed by atoms with van der Waals surface area (Å²) in [6.07, 6.45) is 0. The lowest BCUT2D eigenvalue weighted by Crippen LogP contribution is -2.32. The molecule has 0 radical (unpaired) electrons. The maximum Gasteiger partial charge on any atom is 0.234 e. The van der Waals surface area contributed by atoms with Gasteiger partial charge in [-0.3, -0.25) is 9.59 Å². The zero-order valence-electron chi connectivity index (χ0n) is 15.6. The standard InChI is InChI=1S/C20H24N4O2S/c1-3-24(4-2)20(26)15-27-14-19(25)21-16-10-12-18(13-11-16)23-22-17-8-6-5-7-9-17/h5-13H,3-4,14-15H2,1-2H3,(H,21,25). The number of hydrogen-bond donors (Lipinski definition) is 1. The van der Waals surface area contributed by atoms with Crippen LogP contribution < -0.4 is 5.32 Å². The molecule has 2 aromatic rings. The minimum Gasteiger partial charge on any atom is -0.343 e. The molecule has 0 aromatic heterocycles. The van der Waals surface area contributed by atoms with Crippen molar-refractivity contribution < 1.29 is 9.59 Å². The molecule has 0 saturated heterocycles. The molecule has 2 aromatic carbocycles. The van der Waals surface area contributed by atoms with Crippen molar-refractivity contribution in [1.82, 2.24) is 4.90 Å². The third-order valence-electron chi connectivity index (χ3n) is 3.76. The number of carbonyl (C=O) groups excluding carboxylic acids is 2. The molecule has 7 heteroatoms. The third kappa shape index (κ3) is 7.22. The second-order valence-corrected chi connectivity index (χ2v) is 6.68. The van der Waals surface area contributed by atoms with Crippen molar-refractivity contribution in [3.05, 3.63) is 54.6 Å². The molecule has 0 spiro atoms.